The van der Waals surface area contributed by atoms with Crippen molar-refractivity contribution >= 4 is 17.1 Å². The quantitative estimate of drug-likeness (QED) is 0.336. The van der Waals surface area contributed by atoms with Gasteiger partial charge in [0, 0.05) is 24.8 Å². The number of para-hydroxylation sites is 1. The average molecular weight is 540 g/mol. The first kappa shape index (κ1) is 26.4. The van der Waals surface area contributed by atoms with Crippen molar-refractivity contribution in [2.24, 2.45) is 0 Å². The number of aromatic nitrogens is 3. The van der Waals surface area contributed by atoms with E-state index in [1.807, 2.05) is 18.2 Å². The molecular weight excluding hydrogens is 510 g/mol. The van der Waals surface area contributed by atoms with Crippen molar-refractivity contribution in [1.82, 2.24) is 14.1 Å². The van der Waals surface area contributed by atoms with E-state index in [0.29, 0.717) is 41.9 Å². The van der Waals surface area contributed by atoms with Gasteiger partial charge in [-0.15, -0.1) is 0 Å². The Hall–Kier alpha value is -4.16. The molecule has 206 valence electrons. The number of fused-ring (bicyclic) bond motifs is 1. The Kier molecular flexibility index (Phi) is 7.15. The number of nitrogens with zero attached hydrogens (tertiary/aromatic N) is 3. The minimum Gasteiger partial charge on any atom is -0.496 e. The molecule has 1 saturated heterocycles. The topological polar surface area (TPSA) is 148 Å². The van der Waals surface area contributed by atoms with E-state index < -0.39 is 28.9 Å². The van der Waals surface area contributed by atoms with Gasteiger partial charge in [0.05, 0.1) is 31.5 Å². The Labute approximate surface area is 222 Å². The van der Waals surface area contributed by atoms with Crippen LogP contribution in [0.5, 0.6) is 5.75 Å². The summed E-state index contributed by atoms with van der Waals surface area (Å²) < 4.78 is 30.7. The molecule has 39 heavy (non-hydrogen) atoms. The monoisotopic (exact) mass is 539 g/mol. The van der Waals surface area contributed by atoms with E-state index in [1.54, 1.807) is 13.2 Å². The first-order chi connectivity index (χ1) is 18.7. The standard InChI is InChI=1S/C27H29N3O9/c1-27(2,25(32)33)30-24(31)22-18(14-20(39-22)23-28-10-13-37-23)29(26(30)34)15-21(38-16-8-11-36-12-9-16)17-6-4-5-7-19(17)35-3/h4-7,10,13-14,16,21H,8-9,11-12,15H2,1-3H3,(H,32,33). The molecule has 0 bridgehead atoms. The number of oxazole rings is 1. The number of ether oxygens (including phenoxy) is 3. The molecule has 0 spiro atoms. The smallest absolute Gasteiger partial charge is 0.332 e. The molecule has 4 heterocycles. The summed E-state index contributed by atoms with van der Waals surface area (Å²) in [5.74, 6) is -0.573. The second-order valence-corrected chi connectivity index (χ2v) is 9.74. The number of hydrogen-bond acceptors (Lipinski definition) is 9. The van der Waals surface area contributed by atoms with Gasteiger partial charge in [0.2, 0.25) is 5.58 Å². The van der Waals surface area contributed by atoms with Crippen molar-refractivity contribution in [1.29, 1.82) is 0 Å². The molecular formula is C27H29N3O9. The number of carboxylic acids is 1. The maximum absolute atomic E-state index is 13.9. The molecule has 1 atom stereocenters. The Morgan fingerprint density at radius 2 is 1.97 bits per heavy atom. The summed E-state index contributed by atoms with van der Waals surface area (Å²) in [6.45, 7) is 3.59. The minimum absolute atomic E-state index is 0.0619. The van der Waals surface area contributed by atoms with Crippen LogP contribution in [0.25, 0.3) is 22.8 Å². The lowest BCUT2D eigenvalue weighted by molar-refractivity contribution is -0.146. The molecule has 1 aromatic carbocycles. The number of carbonyl (C=O) groups is 1. The van der Waals surface area contributed by atoms with Crippen LogP contribution in [0.2, 0.25) is 0 Å². The predicted molar refractivity (Wildman–Crippen MR) is 138 cm³/mol. The van der Waals surface area contributed by atoms with Crippen LogP contribution in [0.3, 0.4) is 0 Å². The molecule has 12 nitrogen and oxygen atoms in total. The van der Waals surface area contributed by atoms with Gasteiger partial charge in [-0.25, -0.2) is 19.1 Å². The molecule has 1 aliphatic heterocycles. The Morgan fingerprint density at radius 1 is 1.23 bits per heavy atom. The van der Waals surface area contributed by atoms with Crippen LogP contribution in [-0.4, -0.2) is 51.6 Å². The van der Waals surface area contributed by atoms with Crippen LogP contribution in [0.15, 0.2) is 61.2 Å². The van der Waals surface area contributed by atoms with Gasteiger partial charge < -0.3 is 28.2 Å². The summed E-state index contributed by atoms with van der Waals surface area (Å²) in [4.78, 5) is 43.6. The zero-order valence-corrected chi connectivity index (χ0v) is 21.8. The molecule has 0 amide bonds. The normalized spacial score (nSPS) is 15.5. The lowest BCUT2D eigenvalue weighted by Crippen LogP contribution is -2.52. The van der Waals surface area contributed by atoms with Crippen molar-refractivity contribution in [2.75, 3.05) is 20.3 Å². The number of rotatable bonds is 9. The van der Waals surface area contributed by atoms with Gasteiger partial charge in [-0.1, -0.05) is 18.2 Å². The van der Waals surface area contributed by atoms with Crippen LogP contribution >= 0.6 is 0 Å². The second kappa shape index (κ2) is 10.5. The molecule has 1 N–H and O–H groups in total. The summed E-state index contributed by atoms with van der Waals surface area (Å²) >= 11 is 0. The first-order valence-electron chi connectivity index (χ1n) is 12.5. The third kappa shape index (κ3) is 4.88. The number of benzene rings is 1. The van der Waals surface area contributed by atoms with Gasteiger partial charge in [-0.2, -0.15) is 0 Å². The number of aliphatic carboxylic acids is 1. The first-order valence-corrected chi connectivity index (χ1v) is 12.5. The number of methoxy groups -OCH3 is 1. The molecule has 0 saturated carbocycles. The van der Waals surface area contributed by atoms with Crippen molar-refractivity contribution in [3.63, 3.8) is 0 Å². The molecule has 0 radical (unpaired) electrons. The van der Waals surface area contributed by atoms with Crippen LogP contribution in [0.4, 0.5) is 0 Å². The molecule has 3 aromatic heterocycles. The van der Waals surface area contributed by atoms with E-state index >= 15 is 0 Å². The van der Waals surface area contributed by atoms with Gasteiger partial charge in [0.25, 0.3) is 5.89 Å². The highest BCUT2D eigenvalue weighted by Gasteiger charge is 2.36. The molecule has 12 heteroatoms. The minimum atomic E-state index is -1.87. The van der Waals surface area contributed by atoms with Crippen molar-refractivity contribution in [3.8, 4) is 17.4 Å². The maximum atomic E-state index is 13.9. The van der Waals surface area contributed by atoms with Crippen LogP contribution < -0.4 is 16.0 Å². The van der Waals surface area contributed by atoms with E-state index in [0.717, 1.165) is 0 Å². The third-order valence-corrected chi connectivity index (χ3v) is 6.91. The fraction of sp³-hybridized carbons (Fsp3) is 0.407. The summed E-state index contributed by atoms with van der Waals surface area (Å²) in [7, 11) is 1.54. The largest absolute Gasteiger partial charge is 0.496 e. The zero-order valence-electron chi connectivity index (χ0n) is 21.8. The molecule has 0 aliphatic carbocycles. The average Bonchev–Trinajstić information content (AvgIpc) is 3.61. The fourth-order valence-electron chi connectivity index (χ4n) is 4.72. The lowest BCUT2D eigenvalue weighted by Gasteiger charge is -2.30. The highest BCUT2D eigenvalue weighted by atomic mass is 16.5. The lowest BCUT2D eigenvalue weighted by atomic mass is 10.1. The molecule has 4 aromatic rings. The van der Waals surface area contributed by atoms with E-state index in [1.165, 1.54) is 36.9 Å². The van der Waals surface area contributed by atoms with Gasteiger partial charge in [-0.05, 0) is 32.8 Å². The van der Waals surface area contributed by atoms with E-state index in [-0.39, 0.29) is 35.4 Å². The summed E-state index contributed by atoms with van der Waals surface area (Å²) in [5.41, 5.74) is -2.93. The fourth-order valence-corrected chi connectivity index (χ4v) is 4.72. The van der Waals surface area contributed by atoms with Crippen LogP contribution in [0, 0.1) is 0 Å². The van der Waals surface area contributed by atoms with E-state index in [2.05, 4.69) is 4.98 Å². The predicted octanol–water partition coefficient (Wildman–Crippen LogP) is 3.18. The van der Waals surface area contributed by atoms with Gasteiger partial charge in [-0.3, -0.25) is 9.36 Å². The Morgan fingerprint density at radius 3 is 2.64 bits per heavy atom. The van der Waals surface area contributed by atoms with Crippen LogP contribution in [-0.2, 0) is 26.4 Å². The van der Waals surface area contributed by atoms with E-state index in [9.17, 15) is 19.5 Å². The molecule has 1 unspecified atom stereocenters. The second-order valence-electron chi connectivity index (χ2n) is 9.74. The number of hydrogen-bond donors (Lipinski definition) is 1. The van der Waals surface area contributed by atoms with Crippen LogP contribution in [0.1, 0.15) is 38.4 Å². The summed E-state index contributed by atoms with van der Waals surface area (Å²) in [6, 6.07) is 8.78. The van der Waals surface area contributed by atoms with Gasteiger partial charge >= 0.3 is 17.2 Å². The SMILES string of the molecule is COc1ccccc1C(Cn1c(=O)n(C(C)(C)C(=O)O)c(=O)c2oc(-c3ncco3)cc21)OC1CCOCC1. The third-order valence-electron chi connectivity index (χ3n) is 6.91. The van der Waals surface area contributed by atoms with E-state index in [4.69, 9.17) is 23.0 Å². The number of carboxylic acid groups (broad SMARTS) is 1. The zero-order chi connectivity index (χ0) is 27.7. The molecule has 1 aliphatic rings. The Balaban J connectivity index is 1.72. The van der Waals surface area contributed by atoms with Gasteiger partial charge in [0.15, 0.2) is 5.76 Å². The molecule has 5 rings (SSSR count). The van der Waals surface area contributed by atoms with Crippen molar-refractivity contribution in [3.05, 3.63) is 69.2 Å². The highest BCUT2D eigenvalue weighted by molar-refractivity contribution is 5.79. The maximum Gasteiger partial charge on any atom is 0.332 e. The van der Waals surface area contributed by atoms with Gasteiger partial charge in [0.1, 0.15) is 23.7 Å². The number of furan rings is 1. The Bertz CT molecular complexity index is 1590. The van der Waals surface area contributed by atoms with Crippen molar-refractivity contribution in [2.45, 2.75) is 51.0 Å². The molecule has 1 fully saturated rings. The highest BCUT2D eigenvalue weighted by Crippen LogP contribution is 2.33. The summed E-state index contributed by atoms with van der Waals surface area (Å²) in [6.07, 6.45) is 3.27. The van der Waals surface area contributed by atoms with Crippen molar-refractivity contribution < 1.29 is 32.9 Å². The summed E-state index contributed by atoms with van der Waals surface area (Å²) in [5, 5.41) is 9.89.